The lowest BCUT2D eigenvalue weighted by Gasteiger charge is -2.36. The Morgan fingerprint density at radius 1 is 1.04 bits per heavy atom. The molecule has 1 aromatic carbocycles. The Bertz CT molecular complexity index is 549. The molecular weight excluding hydrogens is 302 g/mol. The van der Waals surface area contributed by atoms with Gasteiger partial charge in [0.1, 0.15) is 6.04 Å². The van der Waals surface area contributed by atoms with Crippen molar-refractivity contribution in [3.8, 4) is 0 Å². The molecule has 2 fully saturated rings. The Balaban J connectivity index is 1.73. The summed E-state index contributed by atoms with van der Waals surface area (Å²) in [5.41, 5.74) is 0.614. The summed E-state index contributed by atoms with van der Waals surface area (Å²) in [6.07, 6.45) is 5.19. The number of carbonyl (C=O) groups excluding carboxylic acids is 2. The lowest BCUT2D eigenvalue weighted by Crippen LogP contribution is -2.55. The van der Waals surface area contributed by atoms with Gasteiger partial charge in [-0.3, -0.25) is 9.59 Å². The van der Waals surface area contributed by atoms with Gasteiger partial charge in [-0.2, -0.15) is 0 Å². The first-order valence-corrected chi connectivity index (χ1v) is 9.11. The largest absolute Gasteiger partial charge is 0.341 e. The van der Waals surface area contributed by atoms with Crippen molar-refractivity contribution in [1.82, 2.24) is 15.5 Å². The zero-order valence-electron chi connectivity index (χ0n) is 14.2. The molecule has 2 amide bonds. The highest BCUT2D eigenvalue weighted by atomic mass is 16.2. The van der Waals surface area contributed by atoms with Gasteiger partial charge in [0.2, 0.25) is 5.91 Å². The van der Waals surface area contributed by atoms with E-state index in [9.17, 15) is 9.59 Å². The van der Waals surface area contributed by atoms with Crippen LogP contribution in [0.5, 0.6) is 0 Å². The molecule has 130 valence electrons. The average Bonchev–Trinajstić information content (AvgIpc) is 2.67. The molecule has 2 aliphatic rings. The summed E-state index contributed by atoms with van der Waals surface area (Å²) in [4.78, 5) is 27.6. The van der Waals surface area contributed by atoms with Gasteiger partial charge in [-0.25, -0.2) is 0 Å². The lowest BCUT2D eigenvalue weighted by atomic mass is 9.88. The molecule has 1 aromatic rings. The Labute approximate surface area is 143 Å². The van der Waals surface area contributed by atoms with E-state index < -0.39 is 6.04 Å². The maximum atomic E-state index is 13.1. The van der Waals surface area contributed by atoms with E-state index in [2.05, 4.69) is 10.6 Å². The Morgan fingerprint density at radius 3 is 2.38 bits per heavy atom. The van der Waals surface area contributed by atoms with Crippen LogP contribution < -0.4 is 10.6 Å². The Morgan fingerprint density at radius 2 is 1.71 bits per heavy atom. The van der Waals surface area contributed by atoms with Crippen molar-refractivity contribution in [2.45, 2.75) is 38.1 Å². The summed E-state index contributed by atoms with van der Waals surface area (Å²) in [5, 5.41) is 6.38. The van der Waals surface area contributed by atoms with E-state index in [0.717, 1.165) is 51.9 Å². The molecule has 1 atom stereocenters. The van der Waals surface area contributed by atoms with Crippen LogP contribution in [0.4, 0.5) is 0 Å². The van der Waals surface area contributed by atoms with E-state index in [1.165, 1.54) is 6.42 Å². The Kier molecular flexibility index (Phi) is 5.86. The summed E-state index contributed by atoms with van der Waals surface area (Å²) in [5.74, 6) is 0.170. The van der Waals surface area contributed by atoms with Gasteiger partial charge in [-0.1, -0.05) is 18.2 Å². The summed E-state index contributed by atoms with van der Waals surface area (Å²) >= 11 is 0. The molecule has 0 aromatic heterocycles. The number of likely N-dealkylation sites (tertiary alicyclic amines) is 1. The van der Waals surface area contributed by atoms with Crippen LogP contribution in [0.1, 0.15) is 42.5 Å². The van der Waals surface area contributed by atoms with Crippen LogP contribution in [0.25, 0.3) is 0 Å². The topological polar surface area (TPSA) is 61.4 Å². The fourth-order valence-electron chi connectivity index (χ4n) is 3.68. The van der Waals surface area contributed by atoms with E-state index in [1.54, 1.807) is 12.1 Å². The number of piperidine rings is 2. The molecular formula is C19H27N3O2. The van der Waals surface area contributed by atoms with E-state index in [1.807, 2.05) is 23.1 Å². The molecule has 1 unspecified atom stereocenters. The van der Waals surface area contributed by atoms with Crippen LogP contribution in [0.15, 0.2) is 30.3 Å². The standard InChI is InChI=1S/C19H27N3O2/c23-18(16-7-3-1-4-8-16)21-17(15-9-11-20-12-10-15)19(24)22-13-5-2-6-14-22/h1,3-4,7-8,15,17,20H,2,5-6,9-14H2,(H,21,23). The molecule has 3 rings (SSSR count). The van der Waals surface area contributed by atoms with Gasteiger partial charge in [-0.05, 0) is 63.2 Å². The second kappa shape index (κ2) is 8.29. The predicted octanol–water partition coefficient (Wildman–Crippen LogP) is 1.80. The molecule has 24 heavy (non-hydrogen) atoms. The second-order valence-electron chi connectivity index (χ2n) is 6.79. The van der Waals surface area contributed by atoms with Crippen LogP contribution in [0.3, 0.4) is 0 Å². The van der Waals surface area contributed by atoms with Crippen molar-refractivity contribution < 1.29 is 9.59 Å². The minimum atomic E-state index is -0.405. The third-order valence-corrected chi connectivity index (χ3v) is 5.11. The molecule has 0 bridgehead atoms. The molecule has 0 saturated carbocycles. The number of hydrogen-bond donors (Lipinski definition) is 2. The van der Waals surface area contributed by atoms with Crippen molar-refractivity contribution >= 4 is 11.8 Å². The number of rotatable bonds is 4. The summed E-state index contributed by atoms with van der Waals surface area (Å²) in [6, 6.07) is 8.76. The highest BCUT2D eigenvalue weighted by Gasteiger charge is 2.34. The SMILES string of the molecule is O=C(NC(C(=O)N1CCCCC1)C1CCNCC1)c1ccccc1. The van der Waals surface area contributed by atoms with Crippen LogP contribution in [0.2, 0.25) is 0 Å². The molecule has 0 aliphatic carbocycles. The van der Waals surface area contributed by atoms with Crippen LogP contribution in [-0.4, -0.2) is 48.9 Å². The predicted molar refractivity (Wildman–Crippen MR) is 93.7 cm³/mol. The zero-order valence-corrected chi connectivity index (χ0v) is 14.2. The number of carbonyl (C=O) groups is 2. The Hall–Kier alpha value is -1.88. The first-order chi connectivity index (χ1) is 11.8. The van der Waals surface area contributed by atoms with Crippen molar-refractivity contribution in [3.63, 3.8) is 0 Å². The second-order valence-corrected chi connectivity index (χ2v) is 6.79. The van der Waals surface area contributed by atoms with E-state index in [0.29, 0.717) is 5.56 Å². The molecule has 2 saturated heterocycles. The maximum absolute atomic E-state index is 13.1. The normalized spacial score (nSPS) is 20.4. The van der Waals surface area contributed by atoms with Crippen LogP contribution in [-0.2, 0) is 4.79 Å². The number of benzene rings is 1. The van der Waals surface area contributed by atoms with E-state index >= 15 is 0 Å². The average molecular weight is 329 g/mol. The van der Waals surface area contributed by atoms with Crippen molar-refractivity contribution in [1.29, 1.82) is 0 Å². The maximum Gasteiger partial charge on any atom is 0.251 e. The third kappa shape index (κ3) is 4.15. The van der Waals surface area contributed by atoms with E-state index in [4.69, 9.17) is 0 Å². The van der Waals surface area contributed by atoms with Gasteiger partial charge < -0.3 is 15.5 Å². The smallest absolute Gasteiger partial charge is 0.251 e. The monoisotopic (exact) mass is 329 g/mol. The number of hydrogen-bond acceptors (Lipinski definition) is 3. The minimum absolute atomic E-state index is 0.103. The van der Waals surface area contributed by atoms with Gasteiger partial charge in [0, 0.05) is 18.7 Å². The number of nitrogens with zero attached hydrogens (tertiary/aromatic N) is 1. The summed E-state index contributed by atoms with van der Waals surface area (Å²) in [7, 11) is 0. The first kappa shape index (κ1) is 17.0. The van der Waals surface area contributed by atoms with Gasteiger partial charge in [-0.15, -0.1) is 0 Å². The van der Waals surface area contributed by atoms with Gasteiger partial charge in [0.05, 0.1) is 0 Å². The molecule has 2 heterocycles. The number of nitrogens with one attached hydrogen (secondary N) is 2. The molecule has 5 nitrogen and oxygen atoms in total. The fraction of sp³-hybridized carbons (Fsp3) is 0.579. The quantitative estimate of drug-likeness (QED) is 0.885. The molecule has 2 aliphatic heterocycles. The summed E-state index contributed by atoms with van der Waals surface area (Å²) in [6.45, 7) is 3.47. The third-order valence-electron chi connectivity index (χ3n) is 5.11. The minimum Gasteiger partial charge on any atom is -0.341 e. The molecule has 0 radical (unpaired) electrons. The van der Waals surface area contributed by atoms with Gasteiger partial charge in [0.25, 0.3) is 5.91 Å². The van der Waals surface area contributed by atoms with E-state index in [-0.39, 0.29) is 17.7 Å². The fourth-order valence-corrected chi connectivity index (χ4v) is 3.68. The number of amides is 2. The molecule has 2 N–H and O–H groups in total. The van der Waals surface area contributed by atoms with Gasteiger partial charge in [0.15, 0.2) is 0 Å². The highest BCUT2D eigenvalue weighted by Crippen LogP contribution is 2.21. The lowest BCUT2D eigenvalue weighted by molar-refractivity contribution is -0.135. The zero-order chi connectivity index (χ0) is 16.8. The molecule has 5 heteroatoms. The van der Waals surface area contributed by atoms with Crippen molar-refractivity contribution in [2.75, 3.05) is 26.2 Å². The van der Waals surface area contributed by atoms with Crippen molar-refractivity contribution in [3.05, 3.63) is 35.9 Å². The first-order valence-electron chi connectivity index (χ1n) is 9.11. The van der Waals surface area contributed by atoms with Crippen LogP contribution >= 0.6 is 0 Å². The van der Waals surface area contributed by atoms with Crippen molar-refractivity contribution in [2.24, 2.45) is 5.92 Å². The summed E-state index contributed by atoms with van der Waals surface area (Å²) < 4.78 is 0. The molecule has 0 spiro atoms. The van der Waals surface area contributed by atoms with Crippen LogP contribution in [0, 0.1) is 5.92 Å². The van der Waals surface area contributed by atoms with Gasteiger partial charge >= 0.3 is 0 Å². The highest BCUT2D eigenvalue weighted by molar-refractivity contribution is 5.97.